The fourth-order valence-electron chi connectivity index (χ4n) is 4.20. The van der Waals surface area contributed by atoms with Crippen molar-refractivity contribution in [1.82, 2.24) is 9.21 Å². The quantitative estimate of drug-likeness (QED) is 0.804. The summed E-state index contributed by atoms with van der Waals surface area (Å²) in [7, 11) is -3.21. The number of likely N-dealkylation sites (tertiary alicyclic amines) is 1. The third kappa shape index (κ3) is 3.21. The highest BCUT2D eigenvalue weighted by atomic mass is 32.2. The molecular weight excluding hydrogens is 352 g/mol. The lowest BCUT2D eigenvalue weighted by Crippen LogP contribution is -2.52. The molecule has 3 aliphatic heterocycles. The van der Waals surface area contributed by atoms with E-state index in [0.29, 0.717) is 19.6 Å². The van der Waals surface area contributed by atoms with Gasteiger partial charge >= 0.3 is 0 Å². The van der Waals surface area contributed by atoms with Gasteiger partial charge in [0, 0.05) is 25.7 Å². The lowest BCUT2D eigenvalue weighted by atomic mass is 10.0. The first-order valence-electron chi connectivity index (χ1n) is 9.49. The van der Waals surface area contributed by atoms with Crippen LogP contribution in [0.4, 0.5) is 0 Å². The Morgan fingerprint density at radius 2 is 1.96 bits per heavy atom. The molecule has 7 heteroatoms. The van der Waals surface area contributed by atoms with E-state index in [-0.39, 0.29) is 12.1 Å². The Morgan fingerprint density at radius 3 is 2.69 bits per heavy atom. The van der Waals surface area contributed by atoms with Crippen molar-refractivity contribution in [2.75, 3.05) is 32.8 Å². The molecule has 1 aromatic rings. The van der Waals surface area contributed by atoms with Gasteiger partial charge in [-0.25, -0.2) is 8.42 Å². The Bertz CT molecular complexity index is 765. The first-order valence-corrected chi connectivity index (χ1v) is 10.9. The molecule has 0 aromatic heterocycles. The molecule has 0 amide bonds. The van der Waals surface area contributed by atoms with E-state index in [9.17, 15) is 8.42 Å². The summed E-state index contributed by atoms with van der Waals surface area (Å²) in [4.78, 5) is 2.33. The lowest BCUT2D eigenvalue weighted by molar-refractivity contribution is 0.0433. The summed E-state index contributed by atoms with van der Waals surface area (Å²) in [5, 5.41) is 0. The second-order valence-electron chi connectivity index (χ2n) is 8.18. The molecule has 2 atom stereocenters. The van der Waals surface area contributed by atoms with E-state index in [4.69, 9.17) is 9.47 Å². The van der Waals surface area contributed by atoms with Crippen molar-refractivity contribution in [2.24, 2.45) is 0 Å². The number of para-hydroxylation sites is 2. The van der Waals surface area contributed by atoms with Crippen molar-refractivity contribution in [2.45, 2.75) is 50.0 Å². The van der Waals surface area contributed by atoms with Gasteiger partial charge in [0.25, 0.3) is 0 Å². The van der Waals surface area contributed by atoms with Gasteiger partial charge in [0.05, 0.1) is 4.75 Å². The van der Waals surface area contributed by atoms with E-state index in [2.05, 4.69) is 4.90 Å². The molecule has 0 spiro atoms. The zero-order valence-electron chi connectivity index (χ0n) is 15.6. The summed E-state index contributed by atoms with van der Waals surface area (Å²) in [5.74, 6) is 1.59. The van der Waals surface area contributed by atoms with Gasteiger partial charge in [-0.05, 0) is 51.8 Å². The molecule has 3 heterocycles. The van der Waals surface area contributed by atoms with Crippen molar-refractivity contribution in [1.29, 1.82) is 0 Å². The average Bonchev–Trinajstić information content (AvgIpc) is 2.83. The summed E-state index contributed by atoms with van der Waals surface area (Å²) in [6.07, 6.45) is 2.65. The molecule has 0 radical (unpaired) electrons. The molecule has 144 valence electrons. The van der Waals surface area contributed by atoms with Crippen molar-refractivity contribution in [3.05, 3.63) is 24.3 Å². The van der Waals surface area contributed by atoms with Crippen molar-refractivity contribution in [3.63, 3.8) is 0 Å². The van der Waals surface area contributed by atoms with Crippen LogP contribution < -0.4 is 9.47 Å². The normalized spacial score (nSPS) is 31.0. The molecular formula is C19H28N2O4S. The number of fused-ring (bicyclic) bond motifs is 1. The number of ether oxygens (including phenoxy) is 2. The number of nitrogens with zero attached hydrogens (tertiary/aromatic N) is 2. The number of hydrogen-bond acceptors (Lipinski definition) is 5. The molecule has 0 N–H and O–H groups in total. The molecule has 0 aliphatic carbocycles. The highest BCUT2D eigenvalue weighted by Gasteiger charge is 2.48. The van der Waals surface area contributed by atoms with Crippen molar-refractivity contribution < 1.29 is 17.9 Å². The minimum Gasteiger partial charge on any atom is -0.486 e. The van der Waals surface area contributed by atoms with Crippen LogP contribution in [-0.2, 0) is 10.0 Å². The van der Waals surface area contributed by atoms with Crippen LogP contribution in [0.3, 0.4) is 0 Å². The molecule has 1 aromatic carbocycles. The van der Waals surface area contributed by atoms with E-state index < -0.39 is 14.8 Å². The van der Waals surface area contributed by atoms with Crippen LogP contribution >= 0.6 is 0 Å². The third-order valence-corrected chi connectivity index (χ3v) is 8.56. The molecule has 0 saturated carbocycles. The summed E-state index contributed by atoms with van der Waals surface area (Å²) < 4.78 is 38.6. The second-order valence-corrected chi connectivity index (χ2v) is 10.7. The molecule has 2 saturated heterocycles. The number of rotatable bonds is 3. The Labute approximate surface area is 156 Å². The molecule has 2 fully saturated rings. The van der Waals surface area contributed by atoms with Gasteiger partial charge in [0.1, 0.15) is 12.7 Å². The predicted octanol–water partition coefficient (Wildman–Crippen LogP) is 2.10. The van der Waals surface area contributed by atoms with E-state index in [1.807, 2.05) is 38.1 Å². The zero-order chi connectivity index (χ0) is 18.4. The minimum atomic E-state index is -3.21. The van der Waals surface area contributed by atoms with Crippen LogP contribution in [0.2, 0.25) is 0 Å². The maximum atomic E-state index is 12.8. The Balaban J connectivity index is 1.39. The lowest BCUT2D eigenvalue weighted by Gasteiger charge is -2.39. The summed E-state index contributed by atoms with van der Waals surface area (Å²) in [5.41, 5.74) is 0. The highest BCUT2D eigenvalue weighted by Crippen LogP contribution is 2.36. The third-order valence-electron chi connectivity index (χ3n) is 5.86. The van der Waals surface area contributed by atoms with Crippen LogP contribution in [0.25, 0.3) is 0 Å². The first kappa shape index (κ1) is 18.1. The standard InChI is InChI=1S/C19H28N2O4S/c1-19(2)9-11-21(26(19,22)23)15-6-5-10-20(12-15)13-16-14-24-17-7-3-4-8-18(17)25-16/h3-4,7-8,15-16H,5-6,9-14H2,1-2H3/t15-,16-/m0/s1. The monoisotopic (exact) mass is 380 g/mol. The summed E-state index contributed by atoms with van der Waals surface area (Å²) in [6, 6.07) is 7.81. The predicted molar refractivity (Wildman–Crippen MR) is 100 cm³/mol. The Kier molecular flexibility index (Phi) is 4.65. The van der Waals surface area contributed by atoms with Gasteiger partial charge < -0.3 is 9.47 Å². The summed E-state index contributed by atoms with van der Waals surface area (Å²) in [6.45, 7) is 7.38. The molecule has 6 nitrogen and oxygen atoms in total. The average molecular weight is 381 g/mol. The van der Waals surface area contributed by atoms with Gasteiger partial charge in [0.2, 0.25) is 10.0 Å². The van der Waals surface area contributed by atoms with E-state index in [1.54, 1.807) is 4.31 Å². The number of sulfonamides is 1. The van der Waals surface area contributed by atoms with Crippen molar-refractivity contribution >= 4 is 10.0 Å². The number of hydrogen-bond donors (Lipinski definition) is 0. The van der Waals surface area contributed by atoms with Gasteiger partial charge in [-0.1, -0.05) is 12.1 Å². The number of piperidine rings is 1. The SMILES string of the molecule is CC1(C)CCN([C@H]2CCCN(C[C@H]3COc4ccccc4O3)C2)S1(=O)=O. The van der Waals surface area contributed by atoms with Gasteiger partial charge in [-0.2, -0.15) is 4.31 Å². The molecule has 0 unspecified atom stereocenters. The molecule has 4 rings (SSSR count). The van der Waals surface area contributed by atoms with Crippen LogP contribution in [0, 0.1) is 0 Å². The second kappa shape index (κ2) is 6.69. The Hall–Kier alpha value is -1.31. The number of benzene rings is 1. The zero-order valence-corrected chi connectivity index (χ0v) is 16.4. The maximum Gasteiger partial charge on any atom is 0.219 e. The van der Waals surface area contributed by atoms with Crippen LogP contribution in [-0.4, -0.2) is 67.3 Å². The van der Waals surface area contributed by atoms with E-state index in [1.165, 1.54) is 0 Å². The van der Waals surface area contributed by atoms with Gasteiger partial charge in [0.15, 0.2) is 11.5 Å². The van der Waals surface area contributed by atoms with Crippen LogP contribution in [0.1, 0.15) is 33.1 Å². The smallest absolute Gasteiger partial charge is 0.219 e. The molecule has 3 aliphatic rings. The largest absolute Gasteiger partial charge is 0.486 e. The fraction of sp³-hybridized carbons (Fsp3) is 0.684. The van der Waals surface area contributed by atoms with Crippen molar-refractivity contribution in [3.8, 4) is 11.5 Å². The van der Waals surface area contributed by atoms with E-state index >= 15 is 0 Å². The molecule has 26 heavy (non-hydrogen) atoms. The minimum absolute atomic E-state index is 0.0183. The van der Waals surface area contributed by atoms with E-state index in [0.717, 1.165) is 44.0 Å². The van der Waals surface area contributed by atoms with Crippen LogP contribution in [0.15, 0.2) is 24.3 Å². The van der Waals surface area contributed by atoms with Crippen LogP contribution in [0.5, 0.6) is 11.5 Å². The first-order chi connectivity index (χ1) is 12.4. The summed E-state index contributed by atoms with van der Waals surface area (Å²) >= 11 is 0. The topological polar surface area (TPSA) is 59.1 Å². The molecule has 0 bridgehead atoms. The van der Waals surface area contributed by atoms with Gasteiger partial charge in [-0.15, -0.1) is 0 Å². The van der Waals surface area contributed by atoms with Gasteiger partial charge in [-0.3, -0.25) is 4.90 Å². The Morgan fingerprint density at radius 1 is 1.19 bits per heavy atom. The highest BCUT2D eigenvalue weighted by molar-refractivity contribution is 7.90. The maximum absolute atomic E-state index is 12.8. The fourth-order valence-corrected chi connectivity index (χ4v) is 6.08.